The van der Waals surface area contributed by atoms with Gasteiger partial charge in [-0.3, -0.25) is 0 Å². The van der Waals surface area contributed by atoms with E-state index in [0.29, 0.717) is 4.83 Å². The van der Waals surface area contributed by atoms with Gasteiger partial charge in [-0.15, -0.1) is 0 Å². The molecule has 0 amide bonds. The first-order chi connectivity index (χ1) is 14.4. The molecule has 0 bridgehead atoms. The number of alkyl halides is 2. The average molecular weight is 528 g/mol. The van der Waals surface area contributed by atoms with Crippen LogP contribution in [0.15, 0.2) is 78.9 Å². The molecule has 0 heterocycles. The Morgan fingerprint density at radius 1 is 0.800 bits per heavy atom. The van der Waals surface area contributed by atoms with E-state index in [1.165, 1.54) is 27.8 Å². The van der Waals surface area contributed by atoms with Gasteiger partial charge < -0.3 is 4.48 Å². The quantitative estimate of drug-likeness (QED) is 0.243. The van der Waals surface area contributed by atoms with Crippen molar-refractivity contribution >= 4 is 31.9 Å². The third kappa shape index (κ3) is 4.44. The summed E-state index contributed by atoms with van der Waals surface area (Å²) in [6.45, 7) is 2.14. The normalized spacial score (nSPS) is 16.3. The van der Waals surface area contributed by atoms with Crippen molar-refractivity contribution in [3.8, 4) is 0 Å². The van der Waals surface area contributed by atoms with Crippen molar-refractivity contribution in [3.63, 3.8) is 0 Å². The molecule has 1 atom stereocenters. The molecule has 3 aromatic carbocycles. The highest BCUT2D eigenvalue weighted by molar-refractivity contribution is 9.12. The van der Waals surface area contributed by atoms with E-state index in [4.69, 9.17) is 0 Å². The summed E-state index contributed by atoms with van der Waals surface area (Å²) in [6, 6.07) is 28.7. The van der Waals surface area contributed by atoms with Gasteiger partial charge in [-0.2, -0.15) is 0 Å². The highest BCUT2D eigenvalue weighted by Gasteiger charge is 2.43. The molecular weight excluding hydrogens is 498 g/mol. The van der Waals surface area contributed by atoms with E-state index in [0.717, 1.165) is 36.8 Å². The molecule has 1 unspecified atom stereocenters. The Labute approximate surface area is 198 Å². The van der Waals surface area contributed by atoms with Crippen molar-refractivity contribution in [1.82, 2.24) is 0 Å². The van der Waals surface area contributed by atoms with Crippen LogP contribution in [0.4, 0.5) is 0 Å². The Hall–Kier alpha value is -1.42. The first-order valence-electron chi connectivity index (χ1n) is 10.8. The zero-order chi connectivity index (χ0) is 21.2. The second-order valence-electron chi connectivity index (χ2n) is 9.09. The summed E-state index contributed by atoms with van der Waals surface area (Å²) >= 11 is 8.44. The third-order valence-corrected chi connectivity index (χ3v) is 9.52. The molecule has 30 heavy (non-hydrogen) atoms. The minimum absolute atomic E-state index is 0.219. The standard InChI is InChI=1S/C27H30Br2N/c1-30(2,20-21-10-4-3-5-11-21)19-18-26(28)27(29)24-14-8-6-12-22(24)16-17-23-13-7-9-15-25(23)27/h3-15,26H,16-20H2,1-2H3/q+1. The van der Waals surface area contributed by atoms with Gasteiger partial charge in [-0.25, -0.2) is 0 Å². The van der Waals surface area contributed by atoms with Gasteiger partial charge in [-0.05, 0) is 35.1 Å². The monoisotopic (exact) mass is 526 g/mol. The lowest BCUT2D eigenvalue weighted by atomic mass is 9.84. The maximum absolute atomic E-state index is 4.29. The number of hydrogen-bond donors (Lipinski definition) is 0. The third-order valence-electron chi connectivity index (χ3n) is 6.36. The van der Waals surface area contributed by atoms with Gasteiger partial charge in [0.15, 0.2) is 0 Å². The minimum atomic E-state index is -0.219. The second kappa shape index (κ2) is 8.98. The maximum Gasteiger partial charge on any atom is 0.104 e. The van der Waals surface area contributed by atoms with E-state index < -0.39 is 0 Å². The van der Waals surface area contributed by atoms with Crippen LogP contribution >= 0.6 is 31.9 Å². The molecule has 0 saturated carbocycles. The van der Waals surface area contributed by atoms with Crippen molar-refractivity contribution in [3.05, 3.63) is 107 Å². The molecule has 3 aromatic rings. The van der Waals surface area contributed by atoms with E-state index in [-0.39, 0.29) is 4.32 Å². The highest BCUT2D eigenvalue weighted by atomic mass is 79.9. The molecule has 0 radical (unpaired) electrons. The van der Waals surface area contributed by atoms with Crippen LogP contribution in [-0.4, -0.2) is 30.0 Å². The molecule has 0 spiro atoms. The van der Waals surface area contributed by atoms with Crippen LogP contribution in [-0.2, 0) is 23.7 Å². The Kier molecular flexibility index (Phi) is 6.53. The minimum Gasteiger partial charge on any atom is -0.325 e. The van der Waals surface area contributed by atoms with Crippen molar-refractivity contribution in [2.75, 3.05) is 20.6 Å². The Balaban J connectivity index is 1.62. The Morgan fingerprint density at radius 3 is 1.87 bits per heavy atom. The van der Waals surface area contributed by atoms with Crippen LogP contribution in [0.25, 0.3) is 0 Å². The molecule has 1 aliphatic carbocycles. The predicted octanol–water partition coefficient (Wildman–Crippen LogP) is 6.85. The van der Waals surface area contributed by atoms with Crippen LogP contribution in [0, 0.1) is 0 Å². The van der Waals surface area contributed by atoms with Crippen molar-refractivity contribution < 1.29 is 4.48 Å². The second-order valence-corrected chi connectivity index (χ2v) is 11.4. The first-order valence-corrected chi connectivity index (χ1v) is 12.5. The van der Waals surface area contributed by atoms with Crippen LogP contribution in [0.1, 0.15) is 34.2 Å². The van der Waals surface area contributed by atoms with Gasteiger partial charge >= 0.3 is 0 Å². The number of benzene rings is 3. The summed E-state index contributed by atoms with van der Waals surface area (Å²) in [5, 5.41) is 0. The largest absolute Gasteiger partial charge is 0.325 e. The molecule has 4 rings (SSSR count). The number of hydrogen-bond acceptors (Lipinski definition) is 0. The van der Waals surface area contributed by atoms with Gasteiger partial charge in [0.2, 0.25) is 0 Å². The molecule has 0 aromatic heterocycles. The molecule has 156 valence electrons. The molecule has 3 heteroatoms. The lowest BCUT2D eigenvalue weighted by Gasteiger charge is -2.37. The van der Waals surface area contributed by atoms with Gasteiger partial charge in [0.05, 0.1) is 25.0 Å². The fourth-order valence-electron chi connectivity index (χ4n) is 4.76. The van der Waals surface area contributed by atoms with Gasteiger partial charge in [-0.1, -0.05) is 111 Å². The van der Waals surface area contributed by atoms with E-state index in [1.54, 1.807) is 0 Å². The Morgan fingerprint density at radius 2 is 1.30 bits per heavy atom. The average Bonchev–Trinajstić information content (AvgIpc) is 2.88. The van der Waals surface area contributed by atoms with E-state index in [2.05, 4.69) is 125 Å². The number of aryl methyl sites for hydroxylation is 2. The van der Waals surface area contributed by atoms with Gasteiger partial charge in [0, 0.05) is 16.8 Å². The molecule has 1 nitrogen and oxygen atoms in total. The van der Waals surface area contributed by atoms with Crippen LogP contribution in [0.5, 0.6) is 0 Å². The fourth-order valence-corrected chi connectivity index (χ4v) is 6.46. The molecule has 0 N–H and O–H groups in total. The molecular formula is C27H30Br2N+. The highest BCUT2D eigenvalue weighted by Crippen LogP contribution is 2.50. The summed E-state index contributed by atoms with van der Waals surface area (Å²) < 4.78 is 0.752. The van der Waals surface area contributed by atoms with Crippen LogP contribution in [0.3, 0.4) is 0 Å². The number of nitrogens with zero attached hydrogens (tertiary/aromatic N) is 1. The first kappa shape index (κ1) is 21.8. The lowest BCUT2D eigenvalue weighted by molar-refractivity contribution is -0.903. The molecule has 0 saturated heterocycles. The summed E-state index contributed by atoms with van der Waals surface area (Å²) in [7, 11) is 4.67. The smallest absolute Gasteiger partial charge is 0.104 e. The summed E-state index contributed by atoms with van der Waals surface area (Å²) in [5.41, 5.74) is 7.11. The maximum atomic E-state index is 4.29. The lowest BCUT2D eigenvalue weighted by Crippen LogP contribution is -2.42. The topological polar surface area (TPSA) is 0 Å². The Bertz CT molecular complexity index is 949. The fraction of sp³-hybridized carbons (Fsp3) is 0.333. The van der Waals surface area contributed by atoms with Crippen LogP contribution in [0.2, 0.25) is 0 Å². The summed E-state index contributed by atoms with van der Waals surface area (Å²) in [4.78, 5) is 0.290. The SMILES string of the molecule is C[N+](C)(CCC(Br)C1(Br)c2ccccc2CCc2ccccc21)Cc1ccccc1. The molecule has 0 fully saturated rings. The van der Waals surface area contributed by atoms with Gasteiger partial charge in [0.1, 0.15) is 6.54 Å². The van der Waals surface area contributed by atoms with Crippen molar-refractivity contribution in [2.45, 2.75) is 35.0 Å². The summed E-state index contributed by atoms with van der Waals surface area (Å²) in [6.07, 6.45) is 3.26. The zero-order valence-corrected chi connectivity index (χ0v) is 21.0. The number of rotatable bonds is 6. The zero-order valence-electron chi connectivity index (χ0n) is 17.8. The van der Waals surface area contributed by atoms with E-state index in [1.807, 2.05) is 0 Å². The van der Waals surface area contributed by atoms with E-state index in [9.17, 15) is 0 Å². The molecule has 1 aliphatic rings. The van der Waals surface area contributed by atoms with Gasteiger partial charge in [0.25, 0.3) is 0 Å². The molecule has 0 aliphatic heterocycles. The summed E-state index contributed by atoms with van der Waals surface area (Å²) in [5.74, 6) is 0. The van der Waals surface area contributed by atoms with Crippen LogP contribution < -0.4 is 0 Å². The number of halogens is 2. The van der Waals surface area contributed by atoms with Crippen molar-refractivity contribution in [1.29, 1.82) is 0 Å². The predicted molar refractivity (Wildman–Crippen MR) is 134 cm³/mol. The number of quaternary nitrogens is 1. The van der Waals surface area contributed by atoms with E-state index >= 15 is 0 Å². The van der Waals surface area contributed by atoms with Crippen molar-refractivity contribution in [2.24, 2.45) is 0 Å². The number of fused-ring (bicyclic) bond motifs is 2.